The molecule has 6 nitrogen and oxygen atoms in total. The van der Waals surface area contributed by atoms with Gasteiger partial charge in [0, 0.05) is 6.04 Å². The Morgan fingerprint density at radius 3 is 1.79 bits per heavy atom. The molecular formula is C7H16O6Si. The maximum Gasteiger partial charge on any atom is 0.363 e. The molecule has 0 aromatic rings. The van der Waals surface area contributed by atoms with Crippen LogP contribution in [0, 0.1) is 0 Å². The largest absolute Gasteiger partial charge is 0.363 e. The Balaban J connectivity index is 4.28. The molecule has 0 aliphatic heterocycles. The van der Waals surface area contributed by atoms with Gasteiger partial charge in [0.05, 0.1) is 30.8 Å². The van der Waals surface area contributed by atoms with Crippen molar-refractivity contribution < 1.29 is 29.3 Å². The molecule has 0 heterocycles. The molecule has 0 spiro atoms. The molecule has 0 saturated heterocycles. The summed E-state index contributed by atoms with van der Waals surface area (Å²) in [6.07, 6.45) is 0. The third kappa shape index (κ3) is 4.82. The van der Waals surface area contributed by atoms with Crippen molar-refractivity contribution >= 4 is 9.52 Å². The van der Waals surface area contributed by atoms with Crippen molar-refractivity contribution in [1.29, 1.82) is 0 Å². The van der Waals surface area contributed by atoms with Crippen molar-refractivity contribution in [3.8, 4) is 0 Å². The van der Waals surface area contributed by atoms with Gasteiger partial charge in [0.2, 0.25) is 0 Å². The van der Waals surface area contributed by atoms with Gasteiger partial charge in [-0.05, 0) is 0 Å². The first-order chi connectivity index (χ1) is 6.74. The standard InChI is InChI=1S/C7H16O6Si/c1-5-14-6-7(11-8-2,12-9-3)13-10-4/h5H,1,6,14H2,2-4H3. The van der Waals surface area contributed by atoms with E-state index in [1.165, 1.54) is 21.3 Å². The van der Waals surface area contributed by atoms with Crippen LogP contribution in [0.15, 0.2) is 12.3 Å². The van der Waals surface area contributed by atoms with Crippen LogP contribution in [0.25, 0.3) is 0 Å². The van der Waals surface area contributed by atoms with Gasteiger partial charge in [-0.2, -0.15) is 14.7 Å². The molecule has 0 atom stereocenters. The summed E-state index contributed by atoms with van der Waals surface area (Å²) in [6.45, 7) is 3.62. The number of hydrogen-bond acceptors (Lipinski definition) is 6. The molecule has 0 fully saturated rings. The Morgan fingerprint density at radius 1 is 1.07 bits per heavy atom. The Kier molecular flexibility index (Phi) is 7.90. The fourth-order valence-corrected chi connectivity index (χ4v) is 1.63. The van der Waals surface area contributed by atoms with Crippen molar-refractivity contribution in [2.45, 2.75) is 12.0 Å². The highest BCUT2D eigenvalue weighted by Crippen LogP contribution is 2.21. The minimum absolute atomic E-state index is 0.450. The maximum atomic E-state index is 4.80. The van der Waals surface area contributed by atoms with E-state index in [1.807, 2.05) is 5.70 Å². The molecule has 0 amide bonds. The summed E-state index contributed by atoms with van der Waals surface area (Å²) in [5.41, 5.74) is 1.81. The third-order valence-electron chi connectivity index (χ3n) is 1.29. The lowest BCUT2D eigenvalue weighted by Gasteiger charge is -2.26. The van der Waals surface area contributed by atoms with Crippen molar-refractivity contribution in [2.24, 2.45) is 0 Å². The fraction of sp³-hybridized carbons (Fsp3) is 0.714. The Labute approximate surface area is 85.3 Å². The topological polar surface area (TPSA) is 55.4 Å². The zero-order chi connectivity index (χ0) is 10.9. The van der Waals surface area contributed by atoms with Crippen molar-refractivity contribution in [3.63, 3.8) is 0 Å². The van der Waals surface area contributed by atoms with E-state index in [1.54, 1.807) is 0 Å². The van der Waals surface area contributed by atoms with Gasteiger partial charge < -0.3 is 0 Å². The molecule has 0 aliphatic carbocycles. The normalized spacial score (nSPS) is 12.5. The van der Waals surface area contributed by atoms with Crippen molar-refractivity contribution in [3.05, 3.63) is 12.3 Å². The van der Waals surface area contributed by atoms with E-state index < -0.39 is 15.5 Å². The Hall–Kier alpha value is -0.283. The van der Waals surface area contributed by atoms with E-state index >= 15 is 0 Å². The van der Waals surface area contributed by atoms with E-state index in [2.05, 4.69) is 21.2 Å². The molecule has 14 heavy (non-hydrogen) atoms. The second-order valence-electron chi connectivity index (χ2n) is 2.26. The van der Waals surface area contributed by atoms with Gasteiger partial charge in [0.1, 0.15) is 0 Å². The van der Waals surface area contributed by atoms with E-state index in [0.29, 0.717) is 6.04 Å². The highest BCUT2D eigenvalue weighted by atomic mass is 28.2. The van der Waals surface area contributed by atoms with Crippen LogP contribution in [-0.4, -0.2) is 36.8 Å². The predicted molar refractivity (Wildman–Crippen MR) is 50.6 cm³/mol. The van der Waals surface area contributed by atoms with E-state index in [4.69, 9.17) is 14.7 Å². The molecule has 84 valence electrons. The zero-order valence-corrected chi connectivity index (χ0v) is 10.1. The predicted octanol–water partition coefficient (Wildman–Crippen LogP) is 0.105. The van der Waals surface area contributed by atoms with Crippen molar-refractivity contribution in [1.82, 2.24) is 0 Å². The van der Waals surface area contributed by atoms with Gasteiger partial charge in [-0.15, -0.1) is 12.3 Å². The molecule has 0 aromatic carbocycles. The summed E-state index contributed by atoms with van der Waals surface area (Å²) >= 11 is 0. The molecule has 0 saturated carbocycles. The molecule has 0 radical (unpaired) electrons. The van der Waals surface area contributed by atoms with Crippen LogP contribution in [0.1, 0.15) is 0 Å². The molecule has 0 rings (SSSR count). The van der Waals surface area contributed by atoms with Crippen LogP contribution < -0.4 is 0 Å². The van der Waals surface area contributed by atoms with Gasteiger partial charge in [0.15, 0.2) is 0 Å². The van der Waals surface area contributed by atoms with E-state index in [9.17, 15) is 0 Å². The first-order valence-corrected chi connectivity index (χ1v) is 5.82. The quantitative estimate of drug-likeness (QED) is 0.240. The zero-order valence-electron chi connectivity index (χ0n) is 8.65. The van der Waals surface area contributed by atoms with E-state index in [-0.39, 0.29) is 0 Å². The van der Waals surface area contributed by atoms with Gasteiger partial charge in [-0.3, -0.25) is 0 Å². The summed E-state index contributed by atoms with van der Waals surface area (Å²) in [5, 5.41) is 0. The second-order valence-corrected chi connectivity index (χ2v) is 3.92. The number of hydrogen-bond donors (Lipinski definition) is 0. The summed E-state index contributed by atoms with van der Waals surface area (Å²) in [7, 11) is 3.41. The Morgan fingerprint density at radius 2 is 1.50 bits per heavy atom. The van der Waals surface area contributed by atoms with Crippen LogP contribution in [0.2, 0.25) is 6.04 Å². The molecule has 0 N–H and O–H groups in total. The van der Waals surface area contributed by atoms with E-state index in [0.717, 1.165) is 0 Å². The average molecular weight is 224 g/mol. The lowest BCUT2D eigenvalue weighted by atomic mass is 10.7. The van der Waals surface area contributed by atoms with Crippen LogP contribution in [0.3, 0.4) is 0 Å². The van der Waals surface area contributed by atoms with Crippen molar-refractivity contribution in [2.75, 3.05) is 21.3 Å². The molecule has 0 bridgehead atoms. The summed E-state index contributed by atoms with van der Waals surface area (Å²) in [6, 6.07) is 0.450. The number of rotatable bonds is 9. The van der Waals surface area contributed by atoms with Crippen LogP contribution in [-0.2, 0) is 29.3 Å². The summed E-state index contributed by atoms with van der Waals surface area (Å²) in [5.74, 6) is -1.47. The van der Waals surface area contributed by atoms with Crippen LogP contribution in [0.4, 0.5) is 0 Å². The highest BCUT2D eigenvalue weighted by molar-refractivity contribution is 6.42. The second kappa shape index (κ2) is 8.06. The van der Waals surface area contributed by atoms with Gasteiger partial charge in [0.25, 0.3) is 0 Å². The lowest BCUT2D eigenvalue weighted by molar-refractivity contribution is -0.616. The minimum atomic E-state index is -1.47. The third-order valence-corrected chi connectivity index (χ3v) is 2.59. The minimum Gasteiger partial charge on any atom is -0.235 e. The first kappa shape index (κ1) is 13.7. The van der Waals surface area contributed by atoms with Gasteiger partial charge in [-0.25, -0.2) is 14.7 Å². The lowest BCUT2D eigenvalue weighted by Crippen LogP contribution is -2.39. The molecule has 7 heteroatoms. The van der Waals surface area contributed by atoms with Gasteiger partial charge in [-0.1, -0.05) is 0 Å². The average Bonchev–Trinajstić information content (AvgIpc) is 2.16. The fourth-order valence-electron chi connectivity index (χ4n) is 0.826. The van der Waals surface area contributed by atoms with Crippen LogP contribution >= 0.6 is 0 Å². The van der Waals surface area contributed by atoms with Gasteiger partial charge >= 0.3 is 5.97 Å². The van der Waals surface area contributed by atoms with Crippen LogP contribution in [0.5, 0.6) is 0 Å². The Bertz CT molecular complexity index is 136. The summed E-state index contributed by atoms with van der Waals surface area (Å²) < 4.78 is 0. The maximum absolute atomic E-state index is 4.80. The first-order valence-electron chi connectivity index (χ1n) is 4.01. The molecule has 0 aromatic heterocycles. The summed E-state index contributed by atoms with van der Waals surface area (Å²) in [4.78, 5) is 27.9. The molecular weight excluding hydrogens is 208 g/mol. The molecule has 0 aliphatic rings. The SMILES string of the molecule is C=C[SiH2]CC(OOC)(OOC)OOC. The monoisotopic (exact) mass is 224 g/mol. The molecule has 0 unspecified atom stereocenters. The smallest absolute Gasteiger partial charge is 0.235 e. The highest BCUT2D eigenvalue weighted by Gasteiger charge is 2.37.